The Morgan fingerprint density at radius 3 is 2.25 bits per heavy atom. The van der Waals surface area contributed by atoms with Gasteiger partial charge in [-0.05, 0) is 18.8 Å². The van der Waals surface area contributed by atoms with Gasteiger partial charge in [0.1, 0.15) is 0 Å². The van der Waals surface area contributed by atoms with E-state index in [1.54, 1.807) is 0 Å². The standard InChI is InChI=1S/C9H20N2O/c1-5-10-8(12)11-7-6-9(2,3)4/h5-7H2,1-4H3,(H2,10,11,12). The Hall–Kier alpha value is -0.730. The first kappa shape index (κ1) is 11.3. The fourth-order valence-electron chi connectivity index (χ4n) is 0.774. The maximum atomic E-state index is 10.9. The van der Waals surface area contributed by atoms with Crippen molar-refractivity contribution in [1.29, 1.82) is 0 Å². The van der Waals surface area contributed by atoms with Gasteiger partial charge in [-0.1, -0.05) is 20.8 Å². The van der Waals surface area contributed by atoms with Crippen LogP contribution in [0.5, 0.6) is 0 Å². The number of rotatable bonds is 3. The number of carbonyl (C=O) groups is 1. The number of nitrogens with one attached hydrogen (secondary N) is 2. The van der Waals surface area contributed by atoms with E-state index in [1.807, 2.05) is 6.92 Å². The maximum Gasteiger partial charge on any atom is 0.314 e. The van der Waals surface area contributed by atoms with Crippen LogP contribution in [0.3, 0.4) is 0 Å². The lowest BCUT2D eigenvalue weighted by Crippen LogP contribution is -2.36. The highest BCUT2D eigenvalue weighted by Gasteiger charge is 2.09. The van der Waals surface area contributed by atoms with Gasteiger partial charge in [-0.3, -0.25) is 0 Å². The molecule has 3 nitrogen and oxygen atoms in total. The molecule has 0 saturated carbocycles. The third kappa shape index (κ3) is 7.38. The van der Waals surface area contributed by atoms with E-state index < -0.39 is 0 Å². The second kappa shape index (κ2) is 5.01. The average Bonchev–Trinajstić information content (AvgIpc) is 1.84. The lowest BCUT2D eigenvalue weighted by Gasteiger charge is -2.17. The van der Waals surface area contributed by atoms with Crippen LogP contribution >= 0.6 is 0 Å². The summed E-state index contributed by atoms with van der Waals surface area (Å²) < 4.78 is 0. The van der Waals surface area contributed by atoms with E-state index in [0.717, 1.165) is 13.0 Å². The minimum Gasteiger partial charge on any atom is -0.338 e. The van der Waals surface area contributed by atoms with E-state index in [1.165, 1.54) is 0 Å². The number of urea groups is 1. The summed E-state index contributed by atoms with van der Waals surface area (Å²) in [5, 5.41) is 5.47. The fourth-order valence-corrected chi connectivity index (χ4v) is 0.774. The first-order valence-corrected chi connectivity index (χ1v) is 4.47. The molecule has 0 aromatic carbocycles. The number of amides is 2. The zero-order chi connectivity index (χ0) is 9.61. The quantitative estimate of drug-likeness (QED) is 0.669. The summed E-state index contributed by atoms with van der Waals surface area (Å²) in [5.41, 5.74) is 0.291. The first-order valence-electron chi connectivity index (χ1n) is 4.47. The van der Waals surface area contributed by atoms with Crippen LogP contribution in [-0.4, -0.2) is 19.1 Å². The van der Waals surface area contributed by atoms with Crippen molar-refractivity contribution in [3.05, 3.63) is 0 Å². The lowest BCUT2D eigenvalue weighted by molar-refractivity contribution is 0.239. The summed E-state index contributed by atoms with van der Waals surface area (Å²) >= 11 is 0. The van der Waals surface area contributed by atoms with Crippen LogP contribution in [-0.2, 0) is 0 Å². The lowest BCUT2D eigenvalue weighted by atomic mass is 9.92. The van der Waals surface area contributed by atoms with Crippen LogP contribution in [0.1, 0.15) is 34.1 Å². The topological polar surface area (TPSA) is 41.1 Å². The van der Waals surface area contributed by atoms with E-state index in [9.17, 15) is 4.79 Å². The molecule has 2 N–H and O–H groups in total. The molecule has 12 heavy (non-hydrogen) atoms. The van der Waals surface area contributed by atoms with Gasteiger partial charge in [0, 0.05) is 13.1 Å². The molecule has 0 rings (SSSR count). The van der Waals surface area contributed by atoms with Crippen LogP contribution in [0.2, 0.25) is 0 Å². The summed E-state index contributed by atoms with van der Waals surface area (Å²) in [6, 6.07) is -0.0678. The molecule has 0 fully saturated rings. The number of hydrogen-bond donors (Lipinski definition) is 2. The van der Waals surface area contributed by atoms with Gasteiger partial charge in [-0.15, -0.1) is 0 Å². The highest BCUT2D eigenvalue weighted by Crippen LogP contribution is 2.16. The first-order chi connectivity index (χ1) is 5.45. The van der Waals surface area contributed by atoms with Crippen molar-refractivity contribution >= 4 is 6.03 Å². The summed E-state index contributed by atoms with van der Waals surface area (Å²) in [5.74, 6) is 0. The molecule has 0 aliphatic heterocycles. The largest absolute Gasteiger partial charge is 0.338 e. The molecule has 72 valence electrons. The van der Waals surface area contributed by atoms with Crippen LogP contribution in [0, 0.1) is 5.41 Å². The molecule has 0 spiro atoms. The Labute approximate surface area is 74.9 Å². The van der Waals surface area contributed by atoms with Crippen molar-refractivity contribution in [3.63, 3.8) is 0 Å². The van der Waals surface area contributed by atoms with Crippen LogP contribution in [0.25, 0.3) is 0 Å². The van der Waals surface area contributed by atoms with E-state index >= 15 is 0 Å². The predicted molar refractivity (Wildman–Crippen MR) is 51.1 cm³/mol. The van der Waals surface area contributed by atoms with Crippen molar-refractivity contribution < 1.29 is 4.79 Å². The minimum atomic E-state index is -0.0678. The smallest absolute Gasteiger partial charge is 0.314 e. The summed E-state index contributed by atoms with van der Waals surface area (Å²) in [4.78, 5) is 10.9. The molecule has 0 atom stereocenters. The molecule has 0 aliphatic carbocycles. The summed E-state index contributed by atoms with van der Waals surface area (Å²) in [6.07, 6.45) is 1.00. The Morgan fingerprint density at radius 1 is 1.25 bits per heavy atom. The van der Waals surface area contributed by atoms with Crippen LogP contribution in [0.15, 0.2) is 0 Å². The van der Waals surface area contributed by atoms with Gasteiger partial charge in [0.25, 0.3) is 0 Å². The average molecular weight is 172 g/mol. The van der Waals surface area contributed by atoms with Crippen molar-refractivity contribution in [2.75, 3.05) is 13.1 Å². The minimum absolute atomic E-state index is 0.0678. The van der Waals surface area contributed by atoms with Gasteiger partial charge < -0.3 is 10.6 Å². The van der Waals surface area contributed by atoms with Crippen LogP contribution < -0.4 is 10.6 Å². The number of carbonyl (C=O) groups excluding carboxylic acids is 1. The second-order valence-corrected chi connectivity index (χ2v) is 4.10. The van der Waals surface area contributed by atoms with Crippen molar-refractivity contribution in [2.45, 2.75) is 34.1 Å². The molecule has 0 radical (unpaired) electrons. The zero-order valence-corrected chi connectivity index (χ0v) is 8.53. The third-order valence-corrected chi connectivity index (χ3v) is 1.50. The van der Waals surface area contributed by atoms with Gasteiger partial charge in [-0.25, -0.2) is 4.79 Å². The van der Waals surface area contributed by atoms with E-state index in [0.29, 0.717) is 12.0 Å². The highest BCUT2D eigenvalue weighted by molar-refractivity contribution is 5.73. The molecule has 0 unspecified atom stereocenters. The molecule has 0 saturated heterocycles. The maximum absolute atomic E-state index is 10.9. The highest BCUT2D eigenvalue weighted by atomic mass is 16.2. The predicted octanol–water partition coefficient (Wildman–Crippen LogP) is 1.74. The summed E-state index contributed by atoms with van der Waals surface area (Å²) in [7, 11) is 0. The molecule has 0 aliphatic rings. The van der Waals surface area contributed by atoms with Gasteiger partial charge in [-0.2, -0.15) is 0 Å². The molecule has 3 heteroatoms. The van der Waals surface area contributed by atoms with Gasteiger partial charge in [0.15, 0.2) is 0 Å². The van der Waals surface area contributed by atoms with Crippen molar-refractivity contribution in [3.8, 4) is 0 Å². The van der Waals surface area contributed by atoms with Gasteiger partial charge in [0.05, 0.1) is 0 Å². The van der Waals surface area contributed by atoms with Crippen molar-refractivity contribution in [2.24, 2.45) is 5.41 Å². The number of hydrogen-bond acceptors (Lipinski definition) is 1. The molecule has 0 aromatic heterocycles. The molecule has 0 bridgehead atoms. The Kier molecular flexibility index (Phi) is 4.71. The Balaban J connectivity index is 3.37. The Bertz CT molecular complexity index is 138. The third-order valence-electron chi connectivity index (χ3n) is 1.50. The normalized spacial score (nSPS) is 11.0. The van der Waals surface area contributed by atoms with Crippen molar-refractivity contribution in [1.82, 2.24) is 10.6 Å². The van der Waals surface area contributed by atoms with E-state index in [4.69, 9.17) is 0 Å². The fraction of sp³-hybridized carbons (Fsp3) is 0.889. The van der Waals surface area contributed by atoms with E-state index in [2.05, 4.69) is 31.4 Å². The molecular weight excluding hydrogens is 152 g/mol. The molecule has 2 amide bonds. The zero-order valence-electron chi connectivity index (χ0n) is 8.53. The SMILES string of the molecule is CCNC(=O)NCCC(C)(C)C. The summed E-state index contributed by atoms with van der Waals surface area (Å²) in [6.45, 7) is 9.81. The second-order valence-electron chi connectivity index (χ2n) is 4.10. The van der Waals surface area contributed by atoms with Crippen LogP contribution in [0.4, 0.5) is 4.79 Å². The molecule has 0 aromatic rings. The molecule has 0 heterocycles. The van der Waals surface area contributed by atoms with Gasteiger partial charge in [0.2, 0.25) is 0 Å². The van der Waals surface area contributed by atoms with E-state index in [-0.39, 0.29) is 6.03 Å². The van der Waals surface area contributed by atoms with Gasteiger partial charge >= 0.3 is 6.03 Å². The Morgan fingerprint density at radius 2 is 1.83 bits per heavy atom. The monoisotopic (exact) mass is 172 g/mol. The molecular formula is C9H20N2O.